The van der Waals surface area contributed by atoms with Crippen molar-refractivity contribution in [2.24, 2.45) is 0 Å². The predicted molar refractivity (Wildman–Crippen MR) is 115 cm³/mol. The molecule has 0 bridgehead atoms. The topological polar surface area (TPSA) is 115 Å². The number of anilines is 1. The van der Waals surface area contributed by atoms with Crippen LogP contribution in [0.4, 0.5) is 10.5 Å². The van der Waals surface area contributed by atoms with E-state index < -0.39 is 16.1 Å². The monoisotopic (exact) mass is 437 g/mol. The van der Waals surface area contributed by atoms with Crippen LogP contribution < -0.4 is 29.6 Å². The van der Waals surface area contributed by atoms with Gasteiger partial charge in [0.25, 0.3) is 0 Å². The lowest BCUT2D eigenvalue weighted by Crippen LogP contribution is -2.36. The van der Waals surface area contributed by atoms with Gasteiger partial charge in [0.15, 0.2) is 11.5 Å². The summed E-state index contributed by atoms with van der Waals surface area (Å²) < 4.78 is 41.4. The van der Waals surface area contributed by atoms with Gasteiger partial charge in [-0.3, -0.25) is 4.72 Å². The Balaban J connectivity index is 2.07. The molecule has 10 heteroatoms. The first-order valence-corrected chi connectivity index (χ1v) is 11.0. The molecule has 0 saturated heterocycles. The van der Waals surface area contributed by atoms with Crippen molar-refractivity contribution < 1.29 is 27.4 Å². The van der Waals surface area contributed by atoms with Crippen LogP contribution in [0.15, 0.2) is 36.4 Å². The summed E-state index contributed by atoms with van der Waals surface area (Å²) in [6.07, 6.45) is 1.07. The first-order chi connectivity index (χ1) is 14.2. The molecule has 1 unspecified atom stereocenters. The molecular weight excluding hydrogens is 410 g/mol. The van der Waals surface area contributed by atoms with Gasteiger partial charge in [-0.1, -0.05) is 18.2 Å². The van der Waals surface area contributed by atoms with Gasteiger partial charge in [-0.05, 0) is 36.2 Å². The fourth-order valence-electron chi connectivity index (χ4n) is 2.83. The van der Waals surface area contributed by atoms with Crippen LogP contribution in [0.25, 0.3) is 0 Å². The molecule has 2 rings (SSSR count). The van der Waals surface area contributed by atoms with Crippen LogP contribution in [-0.4, -0.2) is 42.0 Å². The van der Waals surface area contributed by atoms with Gasteiger partial charge in [-0.15, -0.1) is 0 Å². The number of ether oxygens (including phenoxy) is 3. The third-order valence-corrected chi connectivity index (χ3v) is 4.88. The number of carbonyl (C=O) groups excluding carboxylic acids is 1. The smallest absolute Gasteiger partial charge is 0.315 e. The first kappa shape index (κ1) is 23.1. The van der Waals surface area contributed by atoms with Gasteiger partial charge in [-0.25, -0.2) is 13.2 Å². The summed E-state index contributed by atoms with van der Waals surface area (Å²) in [6.45, 7) is 1.96. The molecule has 0 fully saturated rings. The molecule has 164 valence electrons. The fourth-order valence-corrected chi connectivity index (χ4v) is 3.43. The highest BCUT2D eigenvalue weighted by atomic mass is 32.2. The maximum atomic E-state index is 12.4. The molecule has 2 amide bonds. The van der Waals surface area contributed by atoms with Crippen LogP contribution in [0.3, 0.4) is 0 Å². The van der Waals surface area contributed by atoms with Crippen LogP contribution >= 0.6 is 0 Å². The summed E-state index contributed by atoms with van der Waals surface area (Å²) in [5, 5.41) is 5.57. The minimum atomic E-state index is -3.42. The van der Waals surface area contributed by atoms with Gasteiger partial charge in [0.2, 0.25) is 15.8 Å². The third kappa shape index (κ3) is 6.18. The minimum Gasteiger partial charge on any atom is -0.493 e. The molecule has 0 heterocycles. The van der Waals surface area contributed by atoms with Gasteiger partial charge >= 0.3 is 6.03 Å². The number of urea groups is 1. The molecule has 30 heavy (non-hydrogen) atoms. The number of methoxy groups -OCH3 is 3. The molecule has 0 aliphatic carbocycles. The quantitative estimate of drug-likeness (QED) is 0.556. The van der Waals surface area contributed by atoms with Crippen molar-refractivity contribution in [1.29, 1.82) is 0 Å². The van der Waals surface area contributed by atoms with E-state index in [9.17, 15) is 13.2 Å². The molecule has 0 spiro atoms. The Morgan fingerprint density at radius 2 is 1.63 bits per heavy atom. The molecule has 0 radical (unpaired) electrons. The summed E-state index contributed by atoms with van der Waals surface area (Å²) in [5.74, 6) is 1.44. The standard InChI is InChI=1S/C20H27N3O6S/c1-13(15-10-17(27-2)19(29-4)18(11-15)28-3)22-20(24)21-12-14-8-6-7-9-16(14)23-30(5,25)26/h6-11,13,23H,12H2,1-5H3,(H2,21,22,24). The van der Waals surface area contributed by atoms with Crippen molar-refractivity contribution in [3.05, 3.63) is 47.5 Å². The number of nitrogens with one attached hydrogen (secondary N) is 3. The van der Waals surface area contributed by atoms with E-state index in [1.807, 2.05) is 6.92 Å². The average Bonchev–Trinajstić information content (AvgIpc) is 2.70. The number of benzene rings is 2. The van der Waals surface area contributed by atoms with E-state index in [1.54, 1.807) is 36.4 Å². The molecule has 0 aromatic heterocycles. The van der Waals surface area contributed by atoms with Crippen molar-refractivity contribution in [1.82, 2.24) is 10.6 Å². The molecule has 0 aliphatic heterocycles. The van der Waals surface area contributed by atoms with Crippen molar-refractivity contribution >= 4 is 21.7 Å². The minimum absolute atomic E-state index is 0.145. The molecule has 9 nitrogen and oxygen atoms in total. The Labute approximate surface area is 176 Å². The van der Waals surface area contributed by atoms with Crippen LogP contribution in [-0.2, 0) is 16.6 Å². The second-order valence-electron chi connectivity index (χ2n) is 6.54. The Kier molecular flexibility index (Phi) is 7.76. The van der Waals surface area contributed by atoms with Crippen LogP contribution in [0.5, 0.6) is 17.2 Å². The van der Waals surface area contributed by atoms with E-state index in [-0.39, 0.29) is 12.6 Å². The highest BCUT2D eigenvalue weighted by Crippen LogP contribution is 2.39. The first-order valence-electron chi connectivity index (χ1n) is 9.08. The molecule has 0 aliphatic rings. The van der Waals surface area contributed by atoms with Crippen molar-refractivity contribution in [3.8, 4) is 17.2 Å². The summed E-state index contributed by atoms with van der Waals surface area (Å²) in [6, 6.07) is 9.60. The number of hydrogen-bond donors (Lipinski definition) is 3. The van der Waals surface area contributed by atoms with E-state index in [0.717, 1.165) is 11.8 Å². The number of carbonyl (C=O) groups is 1. The Hall–Kier alpha value is -3.14. The summed E-state index contributed by atoms with van der Waals surface area (Å²) in [5.41, 5.74) is 1.82. The molecule has 3 N–H and O–H groups in total. The number of hydrogen-bond acceptors (Lipinski definition) is 6. The third-order valence-electron chi connectivity index (χ3n) is 4.29. The zero-order chi connectivity index (χ0) is 22.3. The SMILES string of the molecule is COc1cc(C(C)NC(=O)NCc2ccccc2NS(C)(=O)=O)cc(OC)c1OC. The Bertz CT molecular complexity index is 969. The van der Waals surface area contributed by atoms with E-state index in [2.05, 4.69) is 15.4 Å². The molecular formula is C20H27N3O6S. The van der Waals surface area contributed by atoms with Gasteiger partial charge in [0.05, 0.1) is 39.3 Å². The lowest BCUT2D eigenvalue weighted by atomic mass is 10.1. The van der Waals surface area contributed by atoms with E-state index in [1.165, 1.54) is 21.3 Å². The normalized spacial score (nSPS) is 11.9. The van der Waals surface area contributed by atoms with Crippen LogP contribution in [0.1, 0.15) is 24.1 Å². The van der Waals surface area contributed by atoms with E-state index in [0.29, 0.717) is 28.5 Å². The average molecular weight is 438 g/mol. The largest absolute Gasteiger partial charge is 0.493 e. The predicted octanol–water partition coefficient (Wildman–Crippen LogP) is 2.64. The lowest BCUT2D eigenvalue weighted by Gasteiger charge is -2.19. The summed E-state index contributed by atoms with van der Waals surface area (Å²) in [4.78, 5) is 12.4. The van der Waals surface area contributed by atoms with Crippen LogP contribution in [0, 0.1) is 0 Å². The number of sulfonamides is 1. The van der Waals surface area contributed by atoms with Gasteiger partial charge in [0.1, 0.15) is 0 Å². The maximum absolute atomic E-state index is 12.4. The number of amides is 2. The number of rotatable bonds is 9. The molecule has 1 atom stereocenters. The zero-order valence-corrected chi connectivity index (χ0v) is 18.4. The lowest BCUT2D eigenvalue weighted by molar-refractivity contribution is 0.237. The molecule has 0 saturated carbocycles. The zero-order valence-electron chi connectivity index (χ0n) is 17.6. The highest BCUT2D eigenvalue weighted by molar-refractivity contribution is 7.92. The van der Waals surface area contributed by atoms with Gasteiger partial charge < -0.3 is 24.8 Å². The Morgan fingerprint density at radius 3 is 2.17 bits per heavy atom. The van der Waals surface area contributed by atoms with Gasteiger partial charge in [0, 0.05) is 6.54 Å². The van der Waals surface area contributed by atoms with Crippen molar-refractivity contribution in [3.63, 3.8) is 0 Å². The Morgan fingerprint density at radius 1 is 1.03 bits per heavy atom. The van der Waals surface area contributed by atoms with Crippen LogP contribution in [0.2, 0.25) is 0 Å². The van der Waals surface area contributed by atoms with Gasteiger partial charge in [-0.2, -0.15) is 0 Å². The molecule has 2 aromatic carbocycles. The van der Waals surface area contributed by atoms with E-state index >= 15 is 0 Å². The summed E-state index contributed by atoms with van der Waals surface area (Å²) in [7, 11) is 1.14. The van der Waals surface area contributed by atoms with Crippen molar-refractivity contribution in [2.75, 3.05) is 32.3 Å². The molecule has 2 aromatic rings. The maximum Gasteiger partial charge on any atom is 0.315 e. The second-order valence-corrected chi connectivity index (χ2v) is 8.29. The highest BCUT2D eigenvalue weighted by Gasteiger charge is 2.18. The number of para-hydroxylation sites is 1. The van der Waals surface area contributed by atoms with Crippen molar-refractivity contribution in [2.45, 2.75) is 19.5 Å². The van der Waals surface area contributed by atoms with E-state index in [4.69, 9.17) is 14.2 Å². The second kappa shape index (κ2) is 10.1. The summed E-state index contributed by atoms with van der Waals surface area (Å²) >= 11 is 0. The fraction of sp³-hybridized carbons (Fsp3) is 0.350.